The number of aliphatic hydroxyl groups excluding tert-OH is 1. The summed E-state index contributed by atoms with van der Waals surface area (Å²) in [6, 6.07) is 19.4. The summed E-state index contributed by atoms with van der Waals surface area (Å²) in [4.78, 5) is 49.8. The molecule has 3 aliphatic heterocycles. The predicted molar refractivity (Wildman–Crippen MR) is 200 cm³/mol. The second-order valence-corrected chi connectivity index (χ2v) is 13.8. The van der Waals surface area contributed by atoms with Crippen LogP contribution in [0.3, 0.4) is 0 Å². The third-order valence-electron chi connectivity index (χ3n) is 8.48. The first-order chi connectivity index (χ1) is 25.5. The number of benzene rings is 2. The average Bonchev–Trinajstić information content (AvgIpc) is 3.14. The minimum Gasteiger partial charge on any atom is -0.446 e. The minimum absolute atomic E-state index is 0.0514. The summed E-state index contributed by atoms with van der Waals surface area (Å²) in [6.45, 7) is 12.3. The van der Waals surface area contributed by atoms with Gasteiger partial charge in [0.1, 0.15) is 25.4 Å². The number of ether oxygens (including phenoxy) is 4. The number of nitrogens with one attached hydrogen (secondary N) is 3. The Kier molecular flexibility index (Phi) is 19.3. The molecule has 3 aliphatic rings. The van der Waals surface area contributed by atoms with Crippen LogP contribution in [0.1, 0.15) is 77.3 Å². The van der Waals surface area contributed by atoms with Crippen molar-refractivity contribution in [3.05, 3.63) is 71.8 Å². The summed E-state index contributed by atoms with van der Waals surface area (Å²) in [7, 11) is 0. The van der Waals surface area contributed by atoms with E-state index in [0.717, 1.165) is 37.1 Å². The molecule has 3 fully saturated rings. The molecular weight excluding hydrogens is 682 g/mol. The summed E-state index contributed by atoms with van der Waals surface area (Å²) in [5.74, 6) is 0. The van der Waals surface area contributed by atoms with Crippen LogP contribution in [0.5, 0.6) is 0 Å². The molecule has 0 bridgehead atoms. The molecule has 2 aromatic rings. The van der Waals surface area contributed by atoms with Crippen LogP contribution in [-0.4, -0.2) is 109 Å². The van der Waals surface area contributed by atoms with E-state index in [0.29, 0.717) is 58.5 Å². The Morgan fingerprint density at radius 3 is 1.42 bits per heavy atom. The number of amides is 4. The number of rotatable bonds is 8. The second-order valence-electron chi connectivity index (χ2n) is 13.8. The molecule has 0 saturated carbocycles. The Hall–Kier alpha value is -4.56. The van der Waals surface area contributed by atoms with Crippen LogP contribution in [0.15, 0.2) is 60.7 Å². The molecular formula is C39H59N5O9. The van der Waals surface area contributed by atoms with Gasteiger partial charge in [0.15, 0.2) is 0 Å². The van der Waals surface area contributed by atoms with Crippen molar-refractivity contribution < 1.29 is 43.2 Å². The molecule has 294 valence electrons. The third kappa shape index (κ3) is 18.2. The molecule has 0 radical (unpaired) electrons. The van der Waals surface area contributed by atoms with Crippen molar-refractivity contribution in [1.29, 1.82) is 0 Å². The van der Waals surface area contributed by atoms with E-state index in [1.165, 1.54) is 0 Å². The van der Waals surface area contributed by atoms with E-state index in [-0.39, 0.29) is 55.3 Å². The van der Waals surface area contributed by atoms with Gasteiger partial charge >= 0.3 is 24.4 Å². The van der Waals surface area contributed by atoms with Crippen LogP contribution >= 0.6 is 0 Å². The molecule has 4 amide bonds. The van der Waals surface area contributed by atoms with Crippen LogP contribution in [-0.2, 0) is 32.2 Å². The number of likely N-dealkylation sites (tertiary alicyclic amines) is 2. The van der Waals surface area contributed by atoms with Gasteiger partial charge in [0.2, 0.25) is 0 Å². The summed E-state index contributed by atoms with van der Waals surface area (Å²) >= 11 is 0. The van der Waals surface area contributed by atoms with Crippen molar-refractivity contribution in [1.82, 2.24) is 25.8 Å². The van der Waals surface area contributed by atoms with E-state index in [2.05, 4.69) is 16.0 Å². The number of aliphatic hydroxyl groups is 1. The molecule has 4 N–H and O–H groups in total. The third-order valence-corrected chi connectivity index (χ3v) is 8.48. The van der Waals surface area contributed by atoms with Crippen LogP contribution < -0.4 is 16.0 Å². The van der Waals surface area contributed by atoms with E-state index in [4.69, 9.17) is 18.9 Å². The maximum Gasteiger partial charge on any atom is 0.410 e. The average molecular weight is 742 g/mol. The Bertz CT molecular complexity index is 1340. The second kappa shape index (κ2) is 23.9. The van der Waals surface area contributed by atoms with E-state index in [1.54, 1.807) is 9.80 Å². The molecule has 14 heteroatoms. The lowest BCUT2D eigenvalue weighted by Gasteiger charge is -2.31. The highest BCUT2D eigenvalue weighted by Gasteiger charge is 2.26. The van der Waals surface area contributed by atoms with E-state index < -0.39 is 6.09 Å². The topological polar surface area (TPSA) is 168 Å². The zero-order valence-electron chi connectivity index (χ0n) is 31.7. The molecule has 0 atom stereocenters. The highest BCUT2D eigenvalue weighted by molar-refractivity contribution is 5.69. The largest absolute Gasteiger partial charge is 0.446 e. The summed E-state index contributed by atoms with van der Waals surface area (Å²) in [6.07, 6.45) is 2.77. The molecule has 0 aliphatic carbocycles. The Labute approximate surface area is 313 Å². The fourth-order valence-electron chi connectivity index (χ4n) is 5.58. The van der Waals surface area contributed by atoms with Crippen molar-refractivity contribution >= 4 is 24.4 Å². The van der Waals surface area contributed by atoms with E-state index >= 15 is 0 Å². The van der Waals surface area contributed by atoms with Gasteiger partial charge in [0.05, 0.1) is 6.10 Å². The molecule has 2 aromatic carbocycles. The van der Waals surface area contributed by atoms with Crippen molar-refractivity contribution in [2.24, 2.45) is 0 Å². The van der Waals surface area contributed by atoms with Gasteiger partial charge in [-0.2, -0.15) is 0 Å². The standard InChI is InChI=1S/C17H24N2O4.C13H17NO3.C9H18N2O2/c1-13(2)18-16(20)23-15-8-10-19(11-9-15)17(21)22-12-14-6-4-3-5-7-14;15-12-6-8-14(9-7-12)13(16)17-10-11-4-2-1-3-5-11;1-7(2)11-9(12)13-8-3-5-10-6-4-8/h3-7,13,15H,8-12H2,1-2H3,(H,18,20);1-5,12,15H,6-10H2;7-8,10H,3-6H2,1-2H3,(H,11,12). The van der Waals surface area contributed by atoms with Crippen molar-refractivity contribution in [2.45, 2.75) is 110 Å². The lowest BCUT2D eigenvalue weighted by Crippen LogP contribution is -2.43. The highest BCUT2D eigenvalue weighted by atomic mass is 16.6. The van der Waals surface area contributed by atoms with Crippen molar-refractivity contribution in [2.75, 3.05) is 39.3 Å². The first-order valence-corrected chi connectivity index (χ1v) is 18.7. The maximum absolute atomic E-state index is 12.0. The van der Waals surface area contributed by atoms with E-state index in [9.17, 15) is 24.3 Å². The van der Waals surface area contributed by atoms with Gasteiger partial charge in [-0.05, 0) is 77.6 Å². The molecule has 0 aromatic heterocycles. The smallest absolute Gasteiger partial charge is 0.410 e. The lowest BCUT2D eigenvalue weighted by atomic mass is 10.1. The number of alkyl carbamates (subject to hydrolysis) is 2. The number of nitrogens with zero attached hydrogens (tertiary/aromatic N) is 2. The van der Waals surface area contributed by atoms with Crippen molar-refractivity contribution in [3.8, 4) is 0 Å². The number of hydrogen-bond donors (Lipinski definition) is 4. The summed E-state index contributed by atoms with van der Waals surface area (Å²) in [5.41, 5.74) is 1.95. The molecule has 0 spiro atoms. The predicted octanol–water partition coefficient (Wildman–Crippen LogP) is 5.58. The molecule has 53 heavy (non-hydrogen) atoms. The molecule has 3 saturated heterocycles. The van der Waals surface area contributed by atoms with Gasteiger partial charge in [-0.3, -0.25) is 0 Å². The van der Waals surface area contributed by atoms with Crippen LogP contribution in [0.2, 0.25) is 0 Å². The number of hydrogen-bond acceptors (Lipinski definition) is 10. The van der Waals surface area contributed by atoms with Crippen LogP contribution in [0.25, 0.3) is 0 Å². The highest BCUT2D eigenvalue weighted by Crippen LogP contribution is 2.16. The molecule has 0 unspecified atom stereocenters. The lowest BCUT2D eigenvalue weighted by molar-refractivity contribution is 0.0394. The van der Waals surface area contributed by atoms with Gasteiger partial charge in [0, 0.05) is 51.1 Å². The number of piperidine rings is 3. The zero-order valence-corrected chi connectivity index (χ0v) is 31.7. The Morgan fingerprint density at radius 2 is 1.02 bits per heavy atom. The first-order valence-electron chi connectivity index (χ1n) is 18.7. The van der Waals surface area contributed by atoms with Gasteiger partial charge in [0.25, 0.3) is 0 Å². The SMILES string of the molecule is CC(C)NC(=O)OC1CCN(C(=O)OCc2ccccc2)CC1.CC(C)NC(=O)OC1CCNCC1.O=C(OCc1ccccc1)N1CCC(O)CC1. The van der Waals surface area contributed by atoms with Crippen molar-refractivity contribution in [3.63, 3.8) is 0 Å². The van der Waals surface area contributed by atoms with Crippen LogP contribution in [0, 0.1) is 0 Å². The molecule has 3 heterocycles. The Morgan fingerprint density at radius 1 is 0.642 bits per heavy atom. The fourth-order valence-corrected chi connectivity index (χ4v) is 5.58. The first kappa shape index (κ1) is 42.8. The quantitative estimate of drug-likeness (QED) is 0.251. The van der Waals surface area contributed by atoms with Gasteiger partial charge in [-0.15, -0.1) is 0 Å². The summed E-state index contributed by atoms with van der Waals surface area (Å²) in [5, 5.41) is 18.0. The van der Waals surface area contributed by atoms with Gasteiger partial charge < -0.3 is 49.8 Å². The normalized spacial score (nSPS) is 16.7. The fraction of sp³-hybridized carbons (Fsp3) is 0.590. The van der Waals surface area contributed by atoms with Gasteiger partial charge in [-0.1, -0.05) is 60.7 Å². The molecule has 5 rings (SSSR count). The maximum atomic E-state index is 12.0. The van der Waals surface area contributed by atoms with Gasteiger partial charge in [-0.25, -0.2) is 19.2 Å². The Balaban J connectivity index is 0.000000223. The number of carbonyl (C=O) groups is 4. The van der Waals surface area contributed by atoms with E-state index in [1.807, 2.05) is 88.4 Å². The van der Waals surface area contributed by atoms with Crippen LogP contribution in [0.4, 0.5) is 19.2 Å². The number of carbonyl (C=O) groups excluding carboxylic acids is 4. The minimum atomic E-state index is -0.398. The molecule has 14 nitrogen and oxygen atoms in total. The summed E-state index contributed by atoms with van der Waals surface area (Å²) < 4.78 is 21.1. The monoisotopic (exact) mass is 741 g/mol. The zero-order chi connectivity index (χ0) is 38.4.